The summed E-state index contributed by atoms with van der Waals surface area (Å²) in [4.78, 5) is 4.74. The molecule has 1 fully saturated rings. The maximum atomic E-state index is 6.54. The summed E-state index contributed by atoms with van der Waals surface area (Å²) in [6, 6.07) is 8.29. The summed E-state index contributed by atoms with van der Waals surface area (Å²) in [5, 5.41) is 0. The Balaban J connectivity index is 1.96. The lowest BCUT2D eigenvalue weighted by atomic mass is 9.99. The molecule has 1 atom stereocenters. The molecule has 0 amide bonds. The molecule has 2 rings (SSSR count). The molecule has 0 saturated carbocycles. The molecule has 0 spiro atoms. The van der Waals surface area contributed by atoms with E-state index >= 15 is 0 Å². The van der Waals surface area contributed by atoms with Crippen LogP contribution in [0.3, 0.4) is 0 Å². The van der Waals surface area contributed by atoms with E-state index in [1.165, 1.54) is 5.56 Å². The largest absolute Gasteiger partial charge is 0.494 e. The molecule has 1 aliphatic heterocycles. The van der Waals surface area contributed by atoms with E-state index < -0.39 is 0 Å². The van der Waals surface area contributed by atoms with Crippen molar-refractivity contribution in [3.63, 3.8) is 0 Å². The van der Waals surface area contributed by atoms with Gasteiger partial charge < -0.3 is 15.4 Å². The van der Waals surface area contributed by atoms with Crippen LogP contribution in [0.15, 0.2) is 24.3 Å². The van der Waals surface area contributed by atoms with Gasteiger partial charge in [0.1, 0.15) is 5.75 Å². The summed E-state index contributed by atoms with van der Waals surface area (Å²) >= 11 is 0. The number of hydrogen-bond donors (Lipinski definition) is 1. The lowest BCUT2D eigenvalue weighted by Gasteiger charge is -2.43. The first-order chi connectivity index (χ1) is 9.51. The predicted octanol–water partition coefficient (Wildman–Crippen LogP) is 1.55. The number of nitrogens with two attached hydrogens (primary N) is 1. The topological polar surface area (TPSA) is 41.7 Å². The Morgan fingerprint density at radius 2 is 1.75 bits per heavy atom. The third-order valence-corrected chi connectivity index (χ3v) is 4.02. The summed E-state index contributed by atoms with van der Waals surface area (Å²) < 4.78 is 5.47. The van der Waals surface area contributed by atoms with Crippen LogP contribution in [-0.4, -0.2) is 55.3 Å². The van der Waals surface area contributed by atoms with Gasteiger partial charge in [-0.25, -0.2) is 0 Å². The Kier molecular flexibility index (Phi) is 5.02. The van der Waals surface area contributed by atoms with Gasteiger partial charge in [-0.05, 0) is 38.6 Å². The first kappa shape index (κ1) is 15.3. The van der Waals surface area contributed by atoms with Crippen molar-refractivity contribution in [2.45, 2.75) is 25.9 Å². The summed E-state index contributed by atoms with van der Waals surface area (Å²) in [5.41, 5.74) is 7.52. The van der Waals surface area contributed by atoms with E-state index in [2.05, 4.69) is 35.9 Å². The molecule has 4 heteroatoms. The second kappa shape index (κ2) is 6.57. The zero-order valence-corrected chi connectivity index (χ0v) is 12.9. The molecular formula is C16H27N3O. The summed E-state index contributed by atoms with van der Waals surface area (Å²) in [5.74, 6) is 0.926. The summed E-state index contributed by atoms with van der Waals surface area (Å²) in [7, 11) is 2.16. The monoisotopic (exact) mass is 277 g/mol. The molecule has 112 valence electrons. The van der Waals surface area contributed by atoms with Gasteiger partial charge >= 0.3 is 0 Å². The first-order valence-electron chi connectivity index (χ1n) is 7.45. The Labute approximate surface area is 122 Å². The van der Waals surface area contributed by atoms with Gasteiger partial charge in [0.2, 0.25) is 0 Å². The van der Waals surface area contributed by atoms with Crippen molar-refractivity contribution in [1.29, 1.82) is 0 Å². The minimum absolute atomic E-state index is 0.283. The molecule has 0 radical (unpaired) electrons. The van der Waals surface area contributed by atoms with Crippen LogP contribution in [0.5, 0.6) is 5.75 Å². The zero-order valence-electron chi connectivity index (χ0n) is 12.9. The van der Waals surface area contributed by atoms with E-state index in [0.717, 1.165) is 38.3 Å². The highest BCUT2D eigenvalue weighted by Gasteiger charge is 2.29. The van der Waals surface area contributed by atoms with E-state index in [4.69, 9.17) is 10.5 Å². The Bertz CT molecular complexity index is 408. The van der Waals surface area contributed by atoms with Gasteiger partial charge in [-0.1, -0.05) is 12.1 Å². The maximum absolute atomic E-state index is 6.54. The van der Waals surface area contributed by atoms with Crippen LogP contribution in [0.1, 0.15) is 19.4 Å². The molecule has 0 aromatic heterocycles. The van der Waals surface area contributed by atoms with Crippen molar-refractivity contribution in [1.82, 2.24) is 9.80 Å². The minimum Gasteiger partial charge on any atom is -0.494 e. The molecule has 1 aliphatic rings. The lowest BCUT2D eigenvalue weighted by molar-refractivity contribution is 0.0546. The number of hydrogen-bond acceptors (Lipinski definition) is 4. The van der Waals surface area contributed by atoms with E-state index in [0.29, 0.717) is 6.61 Å². The van der Waals surface area contributed by atoms with Crippen LogP contribution < -0.4 is 10.5 Å². The number of nitrogens with zero attached hydrogens (tertiary/aromatic N) is 2. The van der Waals surface area contributed by atoms with Gasteiger partial charge in [0.15, 0.2) is 0 Å². The molecule has 1 heterocycles. The molecule has 2 N–H and O–H groups in total. The zero-order chi connectivity index (χ0) is 14.6. The SMILES string of the molecule is CCOc1ccc(CC(C)(N)N2CCN(C)CC2)cc1. The van der Waals surface area contributed by atoms with Gasteiger partial charge in [-0.3, -0.25) is 4.90 Å². The highest BCUT2D eigenvalue weighted by molar-refractivity contribution is 5.28. The second-order valence-corrected chi connectivity index (χ2v) is 5.90. The standard InChI is InChI=1S/C16H27N3O/c1-4-20-15-7-5-14(6-8-15)13-16(2,17)19-11-9-18(3)10-12-19/h5-8H,4,9-13,17H2,1-3H3. The Morgan fingerprint density at radius 1 is 1.15 bits per heavy atom. The van der Waals surface area contributed by atoms with Crippen molar-refractivity contribution < 1.29 is 4.74 Å². The molecule has 4 nitrogen and oxygen atoms in total. The number of piperazine rings is 1. The van der Waals surface area contributed by atoms with Gasteiger partial charge in [-0.15, -0.1) is 0 Å². The highest BCUT2D eigenvalue weighted by Crippen LogP contribution is 2.19. The number of ether oxygens (including phenoxy) is 1. The normalized spacial score (nSPS) is 20.6. The molecule has 1 aromatic carbocycles. The first-order valence-corrected chi connectivity index (χ1v) is 7.45. The quantitative estimate of drug-likeness (QED) is 0.886. The average molecular weight is 277 g/mol. The van der Waals surface area contributed by atoms with Crippen molar-refractivity contribution in [2.24, 2.45) is 5.73 Å². The Hall–Kier alpha value is -1.10. The van der Waals surface area contributed by atoms with Gasteiger partial charge in [0, 0.05) is 32.6 Å². The van der Waals surface area contributed by atoms with Gasteiger partial charge in [-0.2, -0.15) is 0 Å². The summed E-state index contributed by atoms with van der Waals surface area (Å²) in [6.45, 7) is 9.11. The second-order valence-electron chi connectivity index (χ2n) is 5.90. The average Bonchev–Trinajstić information content (AvgIpc) is 2.41. The van der Waals surface area contributed by atoms with Crippen molar-refractivity contribution >= 4 is 0 Å². The van der Waals surface area contributed by atoms with Gasteiger partial charge in [0.25, 0.3) is 0 Å². The molecule has 0 aliphatic carbocycles. The van der Waals surface area contributed by atoms with Crippen LogP contribution in [0.25, 0.3) is 0 Å². The highest BCUT2D eigenvalue weighted by atomic mass is 16.5. The fraction of sp³-hybridized carbons (Fsp3) is 0.625. The van der Waals surface area contributed by atoms with Crippen LogP contribution in [0, 0.1) is 0 Å². The fourth-order valence-corrected chi connectivity index (χ4v) is 2.71. The Morgan fingerprint density at radius 3 is 2.30 bits per heavy atom. The predicted molar refractivity (Wildman–Crippen MR) is 83.0 cm³/mol. The third kappa shape index (κ3) is 3.95. The minimum atomic E-state index is -0.283. The lowest BCUT2D eigenvalue weighted by Crippen LogP contribution is -2.60. The summed E-state index contributed by atoms with van der Waals surface area (Å²) in [6.07, 6.45) is 0.864. The van der Waals surface area contributed by atoms with E-state index in [9.17, 15) is 0 Å². The van der Waals surface area contributed by atoms with Crippen LogP contribution in [-0.2, 0) is 6.42 Å². The number of benzene rings is 1. The van der Waals surface area contributed by atoms with Crippen LogP contribution in [0.2, 0.25) is 0 Å². The van der Waals surface area contributed by atoms with Crippen LogP contribution in [0.4, 0.5) is 0 Å². The molecular weight excluding hydrogens is 250 g/mol. The van der Waals surface area contributed by atoms with E-state index in [1.54, 1.807) is 0 Å². The maximum Gasteiger partial charge on any atom is 0.119 e. The van der Waals surface area contributed by atoms with E-state index in [-0.39, 0.29) is 5.66 Å². The third-order valence-electron chi connectivity index (χ3n) is 4.02. The molecule has 20 heavy (non-hydrogen) atoms. The molecule has 1 aromatic rings. The van der Waals surface area contributed by atoms with Crippen molar-refractivity contribution in [2.75, 3.05) is 39.8 Å². The van der Waals surface area contributed by atoms with Gasteiger partial charge in [0.05, 0.1) is 12.3 Å². The van der Waals surface area contributed by atoms with E-state index in [1.807, 2.05) is 19.1 Å². The van der Waals surface area contributed by atoms with Crippen molar-refractivity contribution in [3.05, 3.63) is 29.8 Å². The fourth-order valence-electron chi connectivity index (χ4n) is 2.71. The molecule has 1 saturated heterocycles. The van der Waals surface area contributed by atoms with Crippen molar-refractivity contribution in [3.8, 4) is 5.75 Å². The van der Waals surface area contributed by atoms with Crippen LogP contribution >= 0.6 is 0 Å². The molecule has 1 unspecified atom stereocenters. The number of rotatable bonds is 5. The molecule has 0 bridgehead atoms. The number of likely N-dealkylation sites (N-methyl/N-ethyl adjacent to an activating group) is 1. The smallest absolute Gasteiger partial charge is 0.119 e.